The number of aromatic amines is 1. The van der Waals surface area contributed by atoms with Gasteiger partial charge in [0.15, 0.2) is 0 Å². The molecule has 0 amide bonds. The molecule has 7 rings (SSSR count). The molecule has 0 fully saturated rings. The SMILES string of the molecule is [2H]c1c([2H])c([2H])c(C([2H])([2H])[2H])c(-c2ccc(N3B4c5ccccc5-c5ccccc5N4c4ccccc43)[nH]c2=O)c1[2H]. The maximum Gasteiger partial charge on any atom is 0.422 e. The molecule has 0 spiro atoms. The van der Waals surface area contributed by atoms with Gasteiger partial charge in [0.25, 0.3) is 5.56 Å². The van der Waals surface area contributed by atoms with Gasteiger partial charge in [-0.25, -0.2) is 0 Å². The monoisotopic (exact) mass is 458 g/mol. The van der Waals surface area contributed by atoms with Crippen molar-refractivity contribution in [3.05, 3.63) is 125 Å². The van der Waals surface area contributed by atoms with E-state index in [9.17, 15) is 4.79 Å². The van der Waals surface area contributed by atoms with E-state index in [1.54, 1.807) is 6.07 Å². The average molecular weight is 458 g/mol. The van der Waals surface area contributed by atoms with E-state index in [4.69, 9.17) is 9.60 Å². The minimum Gasteiger partial charge on any atom is -0.359 e. The Labute approximate surface area is 214 Å². The van der Waals surface area contributed by atoms with Crippen LogP contribution in [0, 0.1) is 6.85 Å². The second-order valence-corrected chi connectivity index (χ2v) is 8.54. The first-order valence-corrected chi connectivity index (χ1v) is 11.3. The van der Waals surface area contributed by atoms with Gasteiger partial charge in [0.2, 0.25) is 0 Å². The van der Waals surface area contributed by atoms with E-state index in [0.717, 1.165) is 33.7 Å². The number of para-hydroxylation sites is 3. The van der Waals surface area contributed by atoms with E-state index in [1.165, 1.54) is 6.07 Å². The molecule has 4 nitrogen and oxygen atoms in total. The Kier molecular flexibility index (Phi) is 3.01. The van der Waals surface area contributed by atoms with Crippen molar-refractivity contribution in [3.63, 3.8) is 0 Å². The number of hydrogen-bond donors (Lipinski definition) is 1. The molecule has 4 aromatic carbocycles. The van der Waals surface area contributed by atoms with Gasteiger partial charge < -0.3 is 14.6 Å². The van der Waals surface area contributed by atoms with Gasteiger partial charge in [0, 0.05) is 20.9 Å². The van der Waals surface area contributed by atoms with Crippen molar-refractivity contribution < 1.29 is 9.60 Å². The molecule has 3 heterocycles. The van der Waals surface area contributed by atoms with Gasteiger partial charge in [-0.2, -0.15) is 0 Å². The summed E-state index contributed by atoms with van der Waals surface area (Å²) in [6.07, 6.45) is 0. The molecule has 5 aromatic rings. The third-order valence-electron chi connectivity index (χ3n) is 6.69. The lowest BCUT2D eigenvalue weighted by Crippen LogP contribution is -2.56. The lowest BCUT2D eigenvalue weighted by Gasteiger charge is -2.36. The molecule has 0 saturated carbocycles. The third kappa shape index (κ3) is 2.85. The number of fused-ring (bicyclic) bond motifs is 8. The Balaban J connectivity index is 1.44. The molecule has 0 saturated heterocycles. The largest absolute Gasteiger partial charge is 0.422 e. The fourth-order valence-corrected chi connectivity index (χ4v) is 5.25. The minimum absolute atomic E-state index is 0.143. The van der Waals surface area contributed by atoms with Crippen LogP contribution in [0.5, 0.6) is 0 Å². The molecule has 1 aromatic heterocycles. The van der Waals surface area contributed by atoms with E-state index in [0.29, 0.717) is 5.82 Å². The number of benzene rings is 4. The van der Waals surface area contributed by atoms with Crippen LogP contribution in [0.25, 0.3) is 22.3 Å². The quantitative estimate of drug-likeness (QED) is 0.329. The van der Waals surface area contributed by atoms with Gasteiger partial charge in [-0.05, 0) is 59.3 Å². The highest BCUT2D eigenvalue weighted by molar-refractivity contribution is 6.86. The number of anilines is 4. The number of pyridine rings is 1. The number of rotatable bonds is 2. The van der Waals surface area contributed by atoms with Crippen molar-refractivity contribution in [2.24, 2.45) is 0 Å². The highest BCUT2D eigenvalue weighted by atomic mass is 16.1. The zero-order chi connectivity index (χ0) is 29.5. The second-order valence-electron chi connectivity index (χ2n) is 8.54. The molecular formula is C30H22BN3O. The number of nitrogens with zero attached hydrogens (tertiary/aromatic N) is 2. The molecule has 1 N–H and O–H groups in total. The van der Waals surface area contributed by atoms with E-state index in [1.807, 2.05) is 53.3 Å². The van der Waals surface area contributed by atoms with Crippen LogP contribution in [0.4, 0.5) is 22.9 Å². The van der Waals surface area contributed by atoms with Gasteiger partial charge in [0.05, 0.1) is 16.9 Å². The molecule has 0 aliphatic carbocycles. The summed E-state index contributed by atoms with van der Waals surface area (Å²) in [5, 5.41) is 0. The highest BCUT2D eigenvalue weighted by Crippen LogP contribution is 2.50. The van der Waals surface area contributed by atoms with Crippen LogP contribution in [-0.4, -0.2) is 12.0 Å². The summed E-state index contributed by atoms with van der Waals surface area (Å²) in [6, 6.07) is 24.8. The van der Waals surface area contributed by atoms with E-state index in [-0.39, 0.29) is 18.1 Å². The summed E-state index contributed by atoms with van der Waals surface area (Å²) in [4.78, 5) is 20.9. The number of hydrogen-bond acceptors (Lipinski definition) is 3. The zero-order valence-electron chi connectivity index (χ0n) is 25.5. The topological polar surface area (TPSA) is 39.3 Å². The fraction of sp³-hybridized carbons (Fsp3) is 0.0333. The molecular weight excluding hydrogens is 429 g/mol. The minimum atomic E-state index is -2.87. The molecule has 0 radical (unpaired) electrons. The summed E-state index contributed by atoms with van der Waals surface area (Å²) in [7, 11) is 0. The lowest BCUT2D eigenvalue weighted by molar-refractivity contribution is 1.19. The molecule has 166 valence electrons. The van der Waals surface area contributed by atoms with Crippen molar-refractivity contribution in [2.45, 2.75) is 6.85 Å². The molecule has 0 bridgehead atoms. The van der Waals surface area contributed by atoms with Crippen LogP contribution in [0.2, 0.25) is 0 Å². The third-order valence-corrected chi connectivity index (χ3v) is 6.69. The normalized spacial score (nSPS) is 16.5. The van der Waals surface area contributed by atoms with Crippen molar-refractivity contribution in [3.8, 4) is 22.3 Å². The Bertz CT molecular complexity index is 1990. The summed E-state index contributed by atoms with van der Waals surface area (Å²) in [5.41, 5.74) is 4.35. The predicted molar refractivity (Wildman–Crippen MR) is 145 cm³/mol. The van der Waals surface area contributed by atoms with Gasteiger partial charge in [-0.3, -0.25) is 4.79 Å². The van der Waals surface area contributed by atoms with Crippen LogP contribution < -0.4 is 20.6 Å². The molecule has 0 atom stereocenters. The van der Waals surface area contributed by atoms with Crippen molar-refractivity contribution >= 4 is 35.3 Å². The zero-order valence-corrected chi connectivity index (χ0v) is 18.5. The second kappa shape index (κ2) is 7.50. The first kappa shape index (κ1) is 14.0. The van der Waals surface area contributed by atoms with Crippen molar-refractivity contribution in [1.82, 2.24) is 4.98 Å². The Morgan fingerprint density at radius 2 is 1.40 bits per heavy atom. The first-order chi connectivity index (χ1) is 20.1. The summed E-state index contributed by atoms with van der Waals surface area (Å²) in [6.45, 7) is -3.20. The maximum absolute atomic E-state index is 13.7. The van der Waals surface area contributed by atoms with Crippen LogP contribution in [0.3, 0.4) is 0 Å². The number of H-pyrrole nitrogens is 1. The molecule has 35 heavy (non-hydrogen) atoms. The number of aromatic nitrogens is 1. The average Bonchev–Trinajstić information content (AvgIpc) is 3.33. The molecule has 2 aliphatic heterocycles. The fourth-order valence-electron chi connectivity index (χ4n) is 5.25. The van der Waals surface area contributed by atoms with Crippen LogP contribution in [-0.2, 0) is 0 Å². The van der Waals surface area contributed by atoms with Gasteiger partial charge >= 0.3 is 6.98 Å². The van der Waals surface area contributed by atoms with E-state index < -0.39 is 42.1 Å². The van der Waals surface area contributed by atoms with Crippen molar-refractivity contribution in [2.75, 3.05) is 9.62 Å². The smallest absolute Gasteiger partial charge is 0.359 e. The van der Waals surface area contributed by atoms with Gasteiger partial charge in [-0.1, -0.05) is 78.8 Å². The Morgan fingerprint density at radius 1 is 0.714 bits per heavy atom. The Morgan fingerprint density at radius 3 is 2.20 bits per heavy atom. The summed E-state index contributed by atoms with van der Waals surface area (Å²) in [5.74, 6) is 0.453. The highest BCUT2D eigenvalue weighted by Gasteiger charge is 2.47. The maximum atomic E-state index is 13.7. The van der Waals surface area contributed by atoms with Crippen LogP contribution in [0.1, 0.15) is 15.2 Å². The van der Waals surface area contributed by atoms with Gasteiger partial charge in [-0.15, -0.1) is 0 Å². The summed E-state index contributed by atoms with van der Waals surface area (Å²) >= 11 is 0. The number of nitrogens with one attached hydrogen (secondary N) is 1. The lowest BCUT2D eigenvalue weighted by atomic mass is 9.59. The Hall–Kier alpha value is -4.51. The summed E-state index contributed by atoms with van der Waals surface area (Å²) < 4.78 is 56.8. The standard InChI is InChI=1S/C30H22BN3O/c1-20-10-2-3-11-21(20)24-18-19-29(32-30(24)35)34-28-17-9-8-16-27(28)33-26-15-7-5-13-23(26)22-12-4-6-14-25(22)31(33)34/h2-19H,1H3,(H,32,35)/i1D3,2D,3D,10D,11D. The van der Waals surface area contributed by atoms with Crippen molar-refractivity contribution in [1.29, 1.82) is 0 Å². The van der Waals surface area contributed by atoms with Crippen LogP contribution >= 0.6 is 0 Å². The first-order valence-electron chi connectivity index (χ1n) is 14.8. The molecule has 2 aliphatic rings. The molecule has 5 heteroatoms. The van der Waals surface area contributed by atoms with Gasteiger partial charge in [0.1, 0.15) is 5.82 Å². The predicted octanol–water partition coefficient (Wildman–Crippen LogP) is 6.02. The van der Waals surface area contributed by atoms with E-state index >= 15 is 0 Å². The molecule has 0 unspecified atom stereocenters. The van der Waals surface area contributed by atoms with E-state index in [2.05, 4.69) is 34.1 Å². The van der Waals surface area contributed by atoms with Crippen LogP contribution in [0.15, 0.2) is 114 Å².